The van der Waals surface area contributed by atoms with E-state index in [0.717, 1.165) is 17.7 Å². The fourth-order valence-corrected chi connectivity index (χ4v) is 1.98. The number of hydrogen-bond acceptors (Lipinski definition) is 3. The van der Waals surface area contributed by atoms with Crippen LogP contribution >= 0.6 is 12.4 Å². The van der Waals surface area contributed by atoms with Gasteiger partial charge < -0.3 is 9.84 Å². The molecule has 0 aliphatic rings. The Morgan fingerprint density at radius 3 is 2.36 bits per heavy atom. The minimum atomic E-state index is -0.920. The maximum absolute atomic E-state index is 11.6. The van der Waals surface area contributed by atoms with Gasteiger partial charge in [-0.05, 0) is 42.9 Å². The van der Waals surface area contributed by atoms with Crippen molar-refractivity contribution in [2.24, 2.45) is 5.41 Å². The molecular formula is C17H28ClNO3. The molecule has 0 saturated carbocycles. The van der Waals surface area contributed by atoms with Gasteiger partial charge in [-0.15, -0.1) is 12.4 Å². The lowest BCUT2D eigenvalue weighted by Gasteiger charge is -2.30. The average Bonchev–Trinajstić information content (AvgIpc) is 2.42. The maximum Gasteiger partial charge on any atom is 0.323 e. The number of carboxylic acids is 1. The van der Waals surface area contributed by atoms with E-state index in [1.165, 1.54) is 0 Å². The van der Waals surface area contributed by atoms with Crippen molar-refractivity contribution >= 4 is 18.4 Å². The van der Waals surface area contributed by atoms with Crippen LogP contribution in [0.5, 0.6) is 5.75 Å². The number of nitrogens with one attached hydrogen (secondary N) is 1. The number of methoxy groups -OCH3 is 1. The summed E-state index contributed by atoms with van der Waals surface area (Å²) in [6.45, 7) is 8.62. The summed E-state index contributed by atoms with van der Waals surface area (Å²) in [6, 6.07) is 7.66. The first kappa shape index (κ1) is 20.7. The smallest absolute Gasteiger partial charge is 0.323 e. The van der Waals surface area contributed by atoms with Crippen molar-refractivity contribution < 1.29 is 14.6 Å². The zero-order chi connectivity index (χ0) is 16.1. The lowest BCUT2D eigenvalue weighted by molar-refractivity contribution is -0.144. The van der Waals surface area contributed by atoms with Gasteiger partial charge in [0.15, 0.2) is 0 Å². The molecule has 0 spiro atoms. The van der Waals surface area contributed by atoms with Crippen LogP contribution in [0.3, 0.4) is 0 Å². The van der Waals surface area contributed by atoms with Gasteiger partial charge >= 0.3 is 5.97 Å². The summed E-state index contributed by atoms with van der Waals surface area (Å²) in [5.41, 5.74) is 0.211. The van der Waals surface area contributed by atoms with Crippen LogP contribution in [0, 0.1) is 5.41 Å². The predicted molar refractivity (Wildman–Crippen MR) is 91.8 cm³/mol. The molecule has 0 aliphatic heterocycles. The second-order valence-corrected chi connectivity index (χ2v) is 6.90. The van der Waals surface area contributed by atoms with Gasteiger partial charge in [0.25, 0.3) is 0 Å². The number of hydrogen-bond donors (Lipinski definition) is 2. The summed E-state index contributed by atoms with van der Waals surface area (Å²) >= 11 is 0. The predicted octanol–water partition coefficient (Wildman–Crippen LogP) is 3.88. The lowest BCUT2D eigenvalue weighted by atomic mass is 9.84. The lowest BCUT2D eigenvalue weighted by Crippen LogP contribution is -2.49. The second kappa shape index (κ2) is 8.39. The fourth-order valence-electron chi connectivity index (χ4n) is 1.98. The van der Waals surface area contributed by atoms with Gasteiger partial charge in [-0.25, -0.2) is 0 Å². The van der Waals surface area contributed by atoms with Crippen LogP contribution < -0.4 is 10.1 Å². The summed E-state index contributed by atoms with van der Waals surface area (Å²) in [6.07, 6.45) is 1.44. The third kappa shape index (κ3) is 6.67. The third-order valence-corrected chi connectivity index (χ3v) is 3.66. The van der Waals surface area contributed by atoms with Crippen LogP contribution in [0.4, 0.5) is 0 Å². The number of halogens is 1. The van der Waals surface area contributed by atoms with E-state index in [1.54, 1.807) is 14.0 Å². The van der Waals surface area contributed by atoms with Crippen molar-refractivity contribution in [1.82, 2.24) is 5.32 Å². The maximum atomic E-state index is 11.6. The van der Waals surface area contributed by atoms with Crippen molar-refractivity contribution in [1.29, 1.82) is 0 Å². The summed E-state index contributed by atoms with van der Waals surface area (Å²) in [5, 5.41) is 12.7. The Morgan fingerprint density at radius 1 is 1.23 bits per heavy atom. The van der Waals surface area contributed by atoms with Crippen LogP contribution in [0.25, 0.3) is 0 Å². The monoisotopic (exact) mass is 329 g/mol. The highest BCUT2D eigenvalue weighted by molar-refractivity contribution is 5.85. The van der Waals surface area contributed by atoms with Gasteiger partial charge in [-0.2, -0.15) is 0 Å². The molecule has 0 aliphatic carbocycles. The number of benzene rings is 1. The molecule has 0 aromatic heterocycles. The number of rotatable bonds is 7. The van der Waals surface area contributed by atoms with E-state index in [1.807, 2.05) is 24.3 Å². The van der Waals surface area contributed by atoms with Crippen molar-refractivity contribution in [3.8, 4) is 5.75 Å². The Hall–Kier alpha value is -1.26. The molecule has 0 radical (unpaired) electrons. The summed E-state index contributed by atoms with van der Waals surface area (Å²) in [5.74, 6) is -0.0318. The molecule has 1 aromatic rings. The van der Waals surface area contributed by atoms with Crippen molar-refractivity contribution in [3.63, 3.8) is 0 Å². The molecule has 2 N–H and O–H groups in total. The molecule has 1 atom stereocenters. The van der Waals surface area contributed by atoms with E-state index in [4.69, 9.17) is 4.74 Å². The minimum Gasteiger partial charge on any atom is -0.497 e. The Kier molecular flexibility index (Phi) is 7.91. The zero-order valence-electron chi connectivity index (χ0n) is 14.1. The highest BCUT2D eigenvalue weighted by Crippen LogP contribution is 2.26. The first-order chi connectivity index (χ1) is 9.66. The highest BCUT2D eigenvalue weighted by Gasteiger charge is 2.33. The van der Waals surface area contributed by atoms with Gasteiger partial charge in [0.1, 0.15) is 11.3 Å². The summed E-state index contributed by atoms with van der Waals surface area (Å²) in [7, 11) is 1.62. The van der Waals surface area contributed by atoms with Crippen LogP contribution in [-0.2, 0) is 11.3 Å². The molecule has 0 heterocycles. The van der Waals surface area contributed by atoms with Crippen LogP contribution in [0.1, 0.15) is 46.1 Å². The highest BCUT2D eigenvalue weighted by atomic mass is 35.5. The normalized spacial score (nSPS) is 13.9. The van der Waals surface area contributed by atoms with Gasteiger partial charge in [0, 0.05) is 6.54 Å². The molecule has 0 bridgehead atoms. The molecule has 0 amide bonds. The standard InChI is InChI=1S/C17H27NO3.ClH/c1-16(2,3)9-10-17(4,15(19)20)18-12-13-7-6-8-14(11-13)21-5;/h6-8,11,18H,9-10,12H2,1-5H3,(H,19,20);1H/t17-;/m0./s1. The molecule has 1 aromatic carbocycles. The van der Waals surface area contributed by atoms with Gasteiger partial charge in [0.2, 0.25) is 0 Å². The van der Waals surface area contributed by atoms with Crippen molar-refractivity contribution in [2.75, 3.05) is 7.11 Å². The molecule has 5 heteroatoms. The van der Waals surface area contributed by atoms with Crippen molar-refractivity contribution in [3.05, 3.63) is 29.8 Å². The molecular weight excluding hydrogens is 302 g/mol. The number of carboxylic acid groups (broad SMARTS) is 1. The van der Waals surface area contributed by atoms with E-state index in [0.29, 0.717) is 13.0 Å². The summed E-state index contributed by atoms with van der Waals surface area (Å²) in [4.78, 5) is 11.6. The Labute approximate surface area is 139 Å². The molecule has 0 fully saturated rings. The Balaban J connectivity index is 0.00000441. The van der Waals surface area contributed by atoms with Crippen molar-refractivity contribution in [2.45, 2.75) is 52.6 Å². The fraction of sp³-hybridized carbons (Fsp3) is 0.588. The molecule has 1 rings (SSSR count). The van der Waals surface area contributed by atoms with Crippen LogP contribution in [0.15, 0.2) is 24.3 Å². The number of ether oxygens (including phenoxy) is 1. The largest absolute Gasteiger partial charge is 0.497 e. The van der Waals surface area contributed by atoms with Crippen LogP contribution in [0.2, 0.25) is 0 Å². The Bertz CT molecular complexity index is 485. The van der Waals surface area contributed by atoms with Gasteiger partial charge in [0.05, 0.1) is 7.11 Å². The number of aliphatic carboxylic acids is 1. The number of carbonyl (C=O) groups is 1. The van der Waals surface area contributed by atoms with E-state index in [-0.39, 0.29) is 17.8 Å². The van der Waals surface area contributed by atoms with Crippen LogP contribution in [-0.4, -0.2) is 23.7 Å². The summed E-state index contributed by atoms with van der Waals surface area (Å²) < 4.78 is 5.18. The van der Waals surface area contributed by atoms with Gasteiger partial charge in [-0.3, -0.25) is 10.1 Å². The van der Waals surface area contributed by atoms with E-state index >= 15 is 0 Å². The molecule has 126 valence electrons. The van der Waals surface area contributed by atoms with Gasteiger partial charge in [-0.1, -0.05) is 32.9 Å². The minimum absolute atomic E-state index is 0. The first-order valence-corrected chi connectivity index (χ1v) is 7.28. The first-order valence-electron chi connectivity index (χ1n) is 7.28. The quantitative estimate of drug-likeness (QED) is 0.797. The molecule has 0 unspecified atom stereocenters. The second-order valence-electron chi connectivity index (χ2n) is 6.90. The van der Waals surface area contributed by atoms with E-state index < -0.39 is 11.5 Å². The average molecular weight is 330 g/mol. The molecule has 22 heavy (non-hydrogen) atoms. The molecule has 4 nitrogen and oxygen atoms in total. The third-order valence-electron chi connectivity index (χ3n) is 3.66. The van der Waals surface area contributed by atoms with E-state index in [2.05, 4.69) is 26.1 Å². The van der Waals surface area contributed by atoms with E-state index in [9.17, 15) is 9.90 Å². The zero-order valence-corrected chi connectivity index (χ0v) is 14.9. The SMILES string of the molecule is COc1cccc(CN[C@@](C)(CCC(C)(C)C)C(=O)O)c1.Cl. The molecule has 0 saturated heterocycles. The Morgan fingerprint density at radius 2 is 1.86 bits per heavy atom. The topological polar surface area (TPSA) is 58.6 Å².